The van der Waals surface area contributed by atoms with Gasteiger partial charge in [-0.15, -0.1) is 11.3 Å². The molecule has 0 atom stereocenters. The Balaban J connectivity index is 2.15. The Bertz CT molecular complexity index is 558. The average Bonchev–Trinajstić information content (AvgIpc) is 2.70. The largest absolute Gasteiger partial charge is 0.389 e. The van der Waals surface area contributed by atoms with E-state index in [0.717, 1.165) is 28.5 Å². The van der Waals surface area contributed by atoms with E-state index >= 15 is 0 Å². The van der Waals surface area contributed by atoms with Gasteiger partial charge < -0.3 is 11.1 Å². The van der Waals surface area contributed by atoms with Gasteiger partial charge in [-0.3, -0.25) is 0 Å². The van der Waals surface area contributed by atoms with Crippen LogP contribution in [0.3, 0.4) is 0 Å². The molecule has 5 heteroatoms. The fraction of sp³-hybridized carbons (Fsp3) is 0.231. The van der Waals surface area contributed by atoms with Crippen LogP contribution in [-0.4, -0.2) is 9.97 Å². The van der Waals surface area contributed by atoms with Crippen molar-refractivity contribution in [2.45, 2.75) is 20.3 Å². The highest BCUT2D eigenvalue weighted by Gasteiger charge is 2.06. The Labute approximate surface area is 116 Å². The van der Waals surface area contributed by atoms with Crippen LogP contribution in [0.25, 0.3) is 0 Å². The number of hydrogen-bond acceptors (Lipinski definition) is 4. The molecule has 0 spiro atoms. The van der Waals surface area contributed by atoms with E-state index in [9.17, 15) is 0 Å². The van der Waals surface area contributed by atoms with E-state index < -0.39 is 0 Å². The Morgan fingerprint density at radius 2 is 2.06 bits per heavy atom. The van der Waals surface area contributed by atoms with Crippen molar-refractivity contribution in [2.75, 3.05) is 5.32 Å². The molecular weight excluding hydrogens is 262 g/mol. The van der Waals surface area contributed by atoms with Crippen molar-refractivity contribution in [1.82, 2.24) is 4.98 Å². The first kappa shape index (κ1) is 13.0. The maximum atomic E-state index is 5.56. The zero-order chi connectivity index (χ0) is 13.1. The van der Waals surface area contributed by atoms with E-state index in [2.05, 4.69) is 24.1 Å². The monoisotopic (exact) mass is 277 g/mol. The lowest BCUT2D eigenvalue weighted by Crippen LogP contribution is -2.08. The molecular formula is C13H15N3S2. The molecule has 0 fully saturated rings. The Morgan fingerprint density at radius 3 is 2.56 bits per heavy atom. The van der Waals surface area contributed by atoms with Gasteiger partial charge in [-0.05, 0) is 37.6 Å². The van der Waals surface area contributed by atoms with E-state index in [1.807, 2.05) is 24.3 Å². The van der Waals surface area contributed by atoms with Gasteiger partial charge >= 0.3 is 0 Å². The van der Waals surface area contributed by atoms with Gasteiger partial charge in [-0.2, -0.15) is 0 Å². The number of thiazole rings is 1. The van der Waals surface area contributed by atoms with E-state index in [4.69, 9.17) is 18.0 Å². The predicted octanol–water partition coefficient (Wildman–Crippen LogP) is 3.39. The maximum Gasteiger partial charge on any atom is 0.187 e. The van der Waals surface area contributed by atoms with Crippen LogP contribution in [0.1, 0.15) is 23.1 Å². The van der Waals surface area contributed by atoms with Crippen LogP contribution in [0.4, 0.5) is 10.8 Å². The van der Waals surface area contributed by atoms with Crippen molar-refractivity contribution in [1.29, 1.82) is 0 Å². The zero-order valence-corrected chi connectivity index (χ0v) is 12.0. The summed E-state index contributed by atoms with van der Waals surface area (Å²) in [7, 11) is 0. The molecule has 1 aromatic heterocycles. The van der Waals surface area contributed by atoms with Gasteiger partial charge in [0.15, 0.2) is 5.13 Å². The number of nitrogens with two attached hydrogens (primary N) is 1. The Kier molecular flexibility index (Phi) is 3.93. The molecule has 0 radical (unpaired) electrons. The minimum atomic E-state index is 0.417. The first-order valence-electron chi connectivity index (χ1n) is 5.73. The molecule has 2 aromatic rings. The SMILES string of the molecule is CCc1nc(Nc2ccc(C(N)=S)cc2)sc1C. The van der Waals surface area contributed by atoms with Crippen LogP contribution in [0, 0.1) is 6.92 Å². The summed E-state index contributed by atoms with van der Waals surface area (Å²) in [6.07, 6.45) is 0.963. The number of benzene rings is 1. The van der Waals surface area contributed by atoms with Crippen LogP contribution in [-0.2, 0) is 6.42 Å². The summed E-state index contributed by atoms with van der Waals surface area (Å²) < 4.78 is 0. The number of nitrogens with zero attached hydrogens (tertiary/aromatic N) is 1. The van der Waals surface area contributed by atoms with Gasteiger partial charge in [0.05, 0.1) is 5.69 Å². The van der Waals surface area contributed by atoms with Gasteiger partial charge in [-0.25, -0.2) is 4.98 Å². The number of aryl methyl sites for hydroxylation is 2. The first-order valence-corrected chi connectivity index (χ1v) is 6.96. The van der Waals surface area contributed by atoms with Gasteiger partial charge in [0.25, 0.3) is 0 Å². The lowest BCUT2D eigenvalue weighted by atomic mass is 10.2. The normalized spacial score (nSPS) is 10.3. The minimum Gasteiger partial charge on any atom is -0.389 e. The zero-order valence-electron chi connectivity index (χ0n) is 10.4. The third kappa shape index (κ3) is 2.86. The quantitative estimate of drug-likeness (QED) is 0.841. The first-order chi connectivity index (χ1) is 8.60. The summed E-state index contributed by atoms with van der Waals surface area (Å²) in [4.78, 5) is 6.22. The summed E-state index contributed by atoms with van der Waals surface area (Å²) >= 11 is 6.59. The topological polar surface area (TPSA) is 50.9 Å². The summed E-state index contributed by atoms with van der Waals surface area (Å²) in [6.45, 7) is 4.21. The van der Waals surface area contributed by atoms with Crippen LogP contribution in [0.2, 0.25) is 0 Å². The molecule has 0 bridgehead atoms. The maximum absolute atomic E-state index is 5.56. The van der Waals surface area contributed by atoms with E-state index in [-0.39, 0.29) is 0 Å². The second kappa shape index (κ2) is 5.46. The van der Waals surface area contributed by atoms with Crippen molar-refractivity contribution in [3.63, 3.8) is 0 Å². The number of thiocarbonyl (C=S) groups is 1. The van der Waals surface area contributed by atoms with Gasteiger partial charge in [0.1, 0.15) is 4.99 Å². The second-order valence-electron chi connectivity index (χ2n) is 3.94. The number of anilines is 2. The highest BCUT2D eigenvalue weighted by Crippen LogP contribution is 2.25. The van der Waals surface area contributed by atoms with E-state index in [1.165, 1.54) is 4.88 Å². The third-order valence-electron chi connectivity index (χ3n) is 2.65. The molecule has 1 heterocycles. The molecule has 94 valence electrons. The van der Waals surface area contributed by atoms with Crippen LogP contribution in [0.15, 0.2) is 24.3 Å². The molecule has 2 rings (SSSR count). The molecule has 0 saturated heterocycles. The van der Waals surface area contributed by atoms with Crippen molar-refractivity contribution in [2.24, 2.45) is 5.73 Å². The smallest absolute Gasteiger partial charge is 0.187 e. The third-order valence-corrected chi connectivity index (χ3v) is 3.81. The van der Waals surface area contributed by atoms with E-state index in [1.54, 1.807) is 11.3 Å². The summed E-state index contributed by atoms with van der Waals surface area (Å²) in [5, 5.41) is 4.21. The standard InChI is InChI=1S/C13H15N3S2/c1-3-11-8(2)18-13(16-11)15-10-6-4-9(5-7-10)12(14)17/h4-7H,3H2,1-2H3,(H2,14,17)(H,15,16). The molecule has 3 N–H and O–H groups in total. The molecule has 0 aliphatic rings. The summed E-state index contributed by atoms with van der Waals surface area (Å²) in [5.74, 6) is 0. The Hall–Kier alpha value is -1.46. The van der Waals surface area contributed by atoms with E-state index in [0.29, 0.717) is 4.99 Å². The molecule has 1 aromatic carbocycles. The number of hydrogen-bond donors (Lipinski definition) is 2. The van der Waals surface area contributed by atoms with Crippen LogP contribution >= 0.6 is 23.6 Å². The highest BCUT2D eigenvalue weighted by atomic mass is 32.1. The number of nitrogens with one attached hydrogen (secondary N) is 1. The molecule has 0 unspecified atom stereocenters. The summed E-state index contributed by atoms with van der Waals surface area (Å²) in [5.41, 5.74) is 8.58. The molecule has 0 amide bonds. The fourth-order valence-electron chi connectivity index (χ4n) is 1.65. The van der Waals surface area contributed by atoms with Gasteiger partial charge in [0.2, 0.25) is 0 Å². The molecule has 0 aliphatic heterocycles. The highest BCUT2D eigenvalue weighted by molar-refractivity contribution is 7.80. The fourth-order valence-corrected chi connectivity index (χ4v) is 2.71. The molecule has 0 aliphatic carbocycles. The lowest BCUT2D eigenvalue weighted by Gasteiger charge is -2.03. The van der Waals surface area contributed by atoms with Crippen molar-refractivity contribution in [3.8, 4) is 0 Å². The van der Waals surface area contributed by atoms with Crippen molar-refractivity contribution >= 4 is 39.4 Å². The lowest BCUT2D eigenvalue weighted by molar-refractivity contribution is 1.05. The molecule has 3 nitrogen and oxygen atoms in total. The molecule has 0 saturated carbocycles. The van der Waals surface area contributed by atoms with Crippen LogP contribution in [0.5, 0.6) is 0 Å². The second-order valence-corrected chi connectivity index (χ2v) is 5.59. The van der Waals surface area contributed by atoms with Crippen molar-refractivity contribution in [3.05, 3.63) is 40.4 Å². The van der Waals surface area contributed by atoms with Gasteiger partial charge in [-0.1, -0.05) is 19.1 Å². The number of rotatable bonds is 4. The Morgan fingerprint density at radius 1 is 1.39 bits per heavy atom. The van der Waals surface area contributed by atoms with Crippen LogP contribution < -0.4 is 11.1 Å². The van der Waals surface area contributed by atoms with Crippen molar-refractivity contribution < 1.29 is 0 Å². The number of aromatic nitrogens is 1. The summed E-state index contributed by atoms with van der Waals surface area (Å²) in [6, 6.07) is 7.73. The molecule has 18 heavy (non-hydrogen) atoms. The average molecular weight is 277 g/mol. The predicted molar refractivity (Wildman–Crippen MR) is 81.8 cm³/mol. The minimum absolute atomic E-state index is 0.417. The van der Waals surface area contributed by atoms with Gasteiger partial charge in [0, 0.05) is 16.1 Å².